The minimum absolute atomic E-state index is 0. The zero-order chi connectivity index (χ0) is 6.86. The van der Waals surface area contributed by atoms with Crippen LogP contribution in [-0.4, -0.2) is 25.3 Å². The highest BCUT2D eigenvalue weighted by molar-refractivity contribution is 5.85. The van der Waals surface area contributed by atoms with Gasteiger partial charge in [-0.05, 0) is 38.8 Å². The molecular weight excluding hydrogens is 197 g/mol. The fraction of sp³-hybridized carbons (Fsp3) is 1.00. The second-order valence-electron chi connectivity index (χ2n) is 3.39. The van der Waals surface area contributed by atoms with Crippen molar-refractivity contribution < 1.29 is 4.74 Å². The van der Waals surface area contributed by atoms with Crippen LogP contribution >= 0.6 is 24.8 Å². The Balaban J connectivity index is 0.000000605. The molecule has 2 nitrogen and oxygen atoms in total. The first-order chi connectivity index (χ1) is 4.91. The molecule has 1 N–H and O–H groups in total. The molecule has 0 radical (unpaired) electrons. The fourth-order valence-electron chi connectivity index (χ4n) is 2.03. The van der Waals surface area contributed by atoms with Crippen molar-refractivity contribution in [2.24, 2.45) is 0 Å². The van der Waals surface area contributed by atoms with Crippen molar-refractivity contribution in [3.63, 3.8) is 0 Å². The molecule has 0 bridgehead atoms. The fourth-order valence-corrected chi connectivity index (χ4v) is 2.03. The van der Waals surface area contributed by atoms with Crippen LogP contribution in [0.3, 0.4) is 0 Å². The number of piperidine rings is 1. The smallest absolute Gasteiger partial charge is 0.0707 e. The van der Waals surface area contributed by atoms with E-state index in [0.29, 0.717) is 5.60 Å². The zero-order valence-corrected chi connectivity index (χ0v) is 8.81. The van der Waals surface area contributed by atoms with E-state index >= 15 is 0 Å². The van der Waals surface area contributed by atoms with Crippen molar-refractivity contribution in [3.8, 4) is 0 Å². The molecule has 0 aromatic rings. The topological polar surface area (TPSA) is 21.3 Å². The second kappa shape index (κ2) is 5.28. The molecule has 0 amide bonds. The maximum absolute atomic E-state index is 5.74. The first-order valence-electron chi connectivity index (χ1n) is 4.26. The molecule has 0 aromatic heterocycles. The van der Waals surface area contributed by atoms with Gasteiger partial charge in [-0.2, -0.15) is 0 Å². The summed E-state index contributed by atoms with van der Waals surface area (Å²) in [6.45, 7) is 3.31. The minimum Gasteiger partial charge on any atom is -0.375 e. The lowest BCUT2D eigenvalue weighted by atomic mass is 9.90. The lowest BCUT2D eigenvalue weighted by molar-refractivity contribution is -0.0190. The van der Waals surface area contributed by atoms with Gasteiger partial charge < -0.3 is 10.1 Å². The second-order valence-corrected chi connectivity index (χ2v) is 3.39. The number of halogens is 2. The van der Waals surface area contributed by atoms with E-state index in [1.807, 2.05) is 0 Å². The number of nitrogens with one attached hydrogen (secondary N) is 1. The molecule has 2 rings (SSSR count). The predicted octanol–water partition coefficient (Wildman–Crippen LogP) is 1.76. The van der Waals surface area contributed by atoms with Gasteiger partial charge in [0.1, 0.15) is 0 Å². The van der Waals surface area contributed by atoms with Crippen LogP contribution in [0.4, 0.5) is 0 Å². The van der Waals surface area contributed by atoms with E-state index in [0.717, 1.165) is 19.7 Å². The van der Waals surface area contributed by atoms with Gasteiger partial charge in [-0.1, -0.05) is 0 Å². The summed E-state index contributed by atoms with van der Waals surface area (Å²) >= 11 is 0. The van der Waals surface area contributed by atoms with Crippen LogP contribution in [-0.2, 0) is 4.74 Å². The number of ether oxygens (including phenoxy) is 1. The summed E-state index contributed by atoms with van der Waals surface area (Å²) < 4.78 is 5.74. The Morgan fingerprint density at radius 3 is 2.17 bits per heavy atom. The Kier molecular flexibility index (Phi) is 5.50. The van der Waals surface area contributed by atoms with Crippen LogP contribution in [0.2, 0.25) is 0 Å². The Morgan fingerprint density at radius 1 is 1.00 bits per heavy atom. The first kappa shape index (κ1) is 12.5. The lowest BCUT2D eigenvalue weighted by Gasteiger charge is -2.32. The monoisotopic (exact) mass is 213 g/mol. The van der Waals surface area contributed by atoms with Crippen molar-refractivity contribution in [3.05, 3.63) is 0 Å². The normalized spacial score (nSPS) is 26.0. The third-order valence-corrected chi connectivity index (χ3v) is 2.70. The number of hydrogen-bond acceptors (Lipinski definition) is 2. The molecule has 0 atom stereocenters. The molecule has 2 aliphatic heterocycles. The Labute approximate surface area is 86.3 Å². The number of hydrogen-bond donors (Lipinski definition) is 1. The van der Waals surface area contributed by atoms with E-state index in [-0.39, 0.29) is 24.8 Å². The van der Waals surface area contributed by atoms with E-state index in [9.17, 15) is 0 Å². The first-order valence-corrected chi connectivity index (χ1v) is 4.26. The van der Waals surface area contributed by atoms with Crippen molar-refractivity contribution in [2.75, 3.05) is 19.7 Å². The zero-order valence-electron chi connectivity index (χ0n) is 7.17. The van der Waals surface area contributed by atoms with Crippen molar-refractivity contribution in [2.45, 2.75) is 31.3 Å². The van der Waals surface area contributed by atoms with Gasteiger partial charge in [-0.25, -0.2) is 0 Å². The van der Waals surface area contributed by atoms with Crippen LogP contribution in [0.5, 0.6) is 0 Å². The van der Waals surface area contributed by atoms with Gasteiger partial charge in [-0.3, -0.25) is 0 Å². The van der Waals surface area contributed by atoms with Crippen molar-refractivity contribution in [1.82, 2.24) is 5.32 Å². The highest BCUT2D eigenvalue weighted by Crippen LogP contribution is 2.33. The molecule has 4 heteroatoms. The largest absolute Gasteiger partial charge is 0.375 e. The van der Waals surface area contributed by atoms with Gasteiger partial charge in [0.2, 0.25) is 0 Å². The Morgan fingerprint density at radius 2 is 1.67 bits per heavy atom. The number of rotatable bonds is 0. The molecule has 12 heavy (non-hydrogen) atoms. The molecule has 0 unspecified atom stereocenters. The summed E-state index contributed by atoms with van der Waals surface area (Å²) in [5.74, 6) is 0. The molecular formula is C8H17Cl2NO. The van der Waals surface area contributed by atoms with E-state index in [1.165, 1.54) is 25.7 Å². The van der Waals surface area contributed by atoms with Crippen LogP contribution in [0.25, 0.3) is 0 Å². The van der Waals surface area contributed by atoms with Gasteiger partial charge >= 0.3 is 0 Å². The molecule has 2 saturated heterocycles. The summed E-state index contributed by atoms with van der Waals surface area (Å²) in [5.41, 5.74) is 0.311. The van der Waals surface area contributed by atoms with Gasteiger partial charge in [0, 0.05) is 6.61 Å². The summed E-state index contributed by atoms with van der Waals surface area (Å²) in [6.07, 6.45) is 5.04. The van der Waals surface area contributed by atoms with E-state index in [2.05, 4.69) is 5.32 Å². The van der Waals surface area contributed by atoms with Gasteiger partial charge in [0.05, 0.1) is 5.60 Å². The molecule has 74 valence electrons. The molecule has 0 saturated carbocycles. The summed E-state index contributed by atoms with van der Waals surface area (Å²) in [6, 6.07) is 0. The quantitative estimate of drug-likeness (QED) is 0.663. The predicted molar refractivity (Wildman–Crippen MR) is 54.5 cm³/mol. The van der Waals surface area contributed by atoms with Crippen LogP contribution < -0.4 is 5.32 Å². The molecule has 2 fully saturated rings. The SMILES string of the molecule is C1COC2(C1)CCNCC2.Cl.Cl. The van der Waals surface area contributed by atoms with E-state index < -0.39 is 0 Å². The van der Waals surface area contributed by atoms with Gasteiger partial charge in [0.15, 0.2) is 0 Å². The van der Waals surface area contributed by atoms with Gasteiger partial charge in [0.25, 0.3) is 0 Å². The van der Waals surface area contributed by atoms with Crippen molar-refractivity contribution in [1.29, 1.82) is 0 Å². The van der Waals surface area contributed by atoms with Gasteiger partial charge in [-0.15, -0.1) is 24.8 Å². The molecule has 2 aliphatic rings. The molecule has 0 aliphatic carbocycles. The Hall–Kier alpha value is 0.500. The standard InChI is InChI=1S/C8H15NO.2ClH/c1-2-8(10-7-1)3-5-9-6-4-8;;/h9H,1-7H2;2*1H. The lowest BCUT2D eigenvalue weighted by Crippen LogP contribution is -2.41. The minimum atomic E-state index is 0. The molecule has 2 heterocycles. The summed E-state index contributed by atoms with van der Waals surface area (Å²) in [7, 11) is 0. The van der Waals surface area contributed by atoms with Crippen LogP contribution in [0.15, 0.2) is 0 Å². The highest BCUT2D eigenvalue weighted by Gasteiger charge is 2.35. The van der Waals surface area contributed by atoms with Crippen molar-refractivity contribution >= 4 is 24.8 Å². The van der Waals surface area contributed by atoms with E-state index in [4.69, 9.17) is 4.74 Å². The third kappa shape index (κ3) is 2.49. The molecule has 1 spiro atoms. The average Bonchev–Trinajstić information content (AvgIpc) is 2.39. The maximum atomic E-state index is 5.74. The average molecular weight is 214 g/mol. The molecule has 0 aromatic carbocycles. The third-order valence-electron chi connectivity index (χ3n) is 2.70. The van der Waals surface area contributed by atoms with Crippen LogP contribution in [0.1, 0.15) is 25.7 Å². The van der Waals surface area contributed by atoms with Crippen LogP contribution in [0, 0.1) is 0 Å². The highest BCUT2D eigenvalue weighted by atomic mass is 35.5. The van der Waals surface area contributed by atoms with E-state index in [1.54, 1.807) is 0 Å². The maximum Gasteiger partial charge on any atom is 0.0707 e. The summed E-state index contributed by atoms with van der Waals surface area (Å²) in [4.78, 5) is 0. The Bertz CT molecular complexity index is 118. The summed E-state index contributed by atoms with van der Waals surface area (Å²) in [5, 5.41) is 3.36.